The molecule has 0 saturated carbocycles. The van der Waals surface area contributed by atoms with Crippen LogP contribution in [-0.2, 0) is 11.3 Å². The largest absolute Gasteiger partial charge is 0.368 e. The van der Waals surface area contributed by atoms with Crippen molar-refractivity contribution in [3.05, 3.63) is 58.3 Å². The first kappa shape index (κ1) is 15.4. The molecule has 1 saturated heterocycles. The van der Waals surface area contributed by atoms with Gasteiger partial charge in [0, 0.05) is 30.7 Å². The second-order valence-electron chi connectivity index (χ2n) is 5.88. The molecule has 0 spiro atoms. The van der Waals surface area contributed by atoms with E-state index < -0.39 is 0 Å². The predicted molar refractivity (Wildman–Crippen MR) is 92.2 cm³/mol. The van der Waals surface area contributed by atoms with Crippen LogP contribution in [0.5, 0.6) is 0 Å². The normalized spacial score (nSPS) is 18.8. The van der Waals surface area contributed by atoms with Crippen molar-refractivity contribution in [2.75, 3.05) is 19.7 Å². The van der Waals surface area contributed by atoms with Gasteiger partial charge in [-0.3, -0.25) is 4.90 Å². The minimum absolute atomic E-state index is 0.0571. The Kier molecular flexibility index (Phi) is 4.38. The Labute approximate surface area is 144 Å². The van der Waals surface area contributed by atoms with Gasteiger partial charge in [0.05, 0.1) is 24.2 Å². The highest BCUT2D eigenvalue weighted by molar-refractivity contribution is 7.09. The molecule has 1 aliphatic heterocycles. The van der Waals surface area contributed by atoms with Crippen molar-refractivity contribution in [3.8, 4) is 5.69 Å². The lowest BCUT2D eigenvalue weighted by Gasteiger charge is -2.31. The van der Waals surface area contributed by atoms with Gasteiger partial charge in [-0.2, -0.15) is 15.0 Å². The molecule has 1 aliphatic rings. The highest BCUT2D eigenvalue weighted by atomic mass is 32.1. The molecule has 2 aromatic heterocycles. The minimum atomic E-state index is 0.0571. The lowest BCUT2D eigenvalue weighted by atomic mass is 10.2. The van der Waals surface area contributed by atoms with Gasteiger partial charge in [0.1, 0.15) is 11.1 Å². The summed E-state index contributed by atoms with van der Waals surface area (Å²) in [5.74, 6) is 0. The standard InChI is InChI=1S/C17H19N5OS/c1-13-12-24-17(19-13)16-11-21(7-8-23-16)10-14-9-18-22(20-14)15-5-3-2-4-6-15/h2-6,9,12,16H,7-8,10-11H2,1H3/t16-/m0/s1. The van der Waals surface area contributed by atoms with E-state index in [1.807, 2.05) is 43.5 Å². The number of para-hydroxylation sites is 1. The lowest BCUT2D eigenvalue weighted by Crippen LogP contribution is -2.37. The van der Waals surface area contributed by atoms with E-state index in [2.05, 4.69) is 25.5 Å². The fourth-order valence-corrected chi connectivity index (χ4v) is 3.63. The number of rotatable bonds is 4. The zero-order valence-corrected chi connectivity index (χ0v) is 14.3. The first-order valence-corrected chi connectivity index (χ1v) is 8.88. The summed E-state index contributed by atoms with van der Waals surface area (Å²) in [4.78, 5) is 8.58. The van der Waals surface area contributed by atoms with Crippen molar-refractivity contribution in [1.29, 1.82) is 0 Å². The van der Waals surface area contributed by atoms with E-state index in [4.69, 9.17) is 4.74 Å². The van der Waals surface area contributed by atoms with E-state index in [1.165, 1.54) is 0 Å². The third-order valence-electron chi connectivity index (χ3n) is 3.97. The average Bonchev–Trinajstić information content (AvgIpc) is 3.25. The summed E-state index contributed by atoms with van der Waals surface area (Å²) in [5, 5.41) is 12.1. The SMILES string of the molecule is Cc1csc([C@@H]2CN(Cc3cnn(-c4ccccc4)n3)CCO2)n1. The number of ether oxygens (including phenoxy) is 1. The molecular weight excluding hydrogens is 322 g/mol. The predicted octanol–water partition coefficient (Wildman–Crippen LogP) is 2.61. The molecule has 24 heavy (non-hydrogen) atoms. The Morgan fingerprint density at radius 3 is 2.96 bits per heavy atom. The van der Waals surface area contributed by atoms with Gasteiger partial charge >= 0.3 is 0 Å². The number of benzene rings is 1. The lowest BCUT2D eigenvalue weighted by molar-refractivity contribution is -0.0334. The Balaban J connectivity index is 1.43. The van der Waals surface area contributed by atoms with E-state index in [1.54, 1.807) is 16.1 Å². The van der Waals surface area contributed by atoms with Crippen molar-refractivity contribution in [2.45, 2.75) is 19.6 Å². The summed E-state index contributed by atoms with van der Waals surface area (Å²) < 4.78 is 5.88. The minimum Gasteiger partial charge on any atom is -0.368 e. The van der Waals surface area contributed by atoms with Crippen molar-refractivity contribution in [3.63, 3.8) is 0 Å². The monoisotopic (exact) mass is 341 g/mol. The zero-order chi connectivity index (χ0) is 16.4. The number of aryl methyl sites for hydroxylation is 1. The number of aromatic nitrogens is 4. The molecule has 4 rings (SSSR count). The van der Waals surface area contributed by atoms with Gasteiger partial charge in [-0.15, -0.1) is 11.3 Å². The van der Waals surface area contributed by atoms with Gasteiger partial charge in [-0.05, 0) is 19.1 Å². The molecule has 3 aromatic rings. The van der Waals surface area contributed by atoms with E-state index in [0.717, 1.165) is 48.3 Å². The van der Waals surface area contributed by atoms with Crippen LogP contribution in [0.3, 0.4) is 0 Å². The van der Waals surface area contributed by atoms with E-state index in [0.29, 0.717) is 0 Å². The zero-order valence-electron chi connectivity index (χ0n) is 13.5. The molecule has 0 N–H and O–H groups in total. The van der Waals surface area contributed by atoms with Crippen molar-refractivity contribution < 1.29 is 4.74 Å². The van der Waals surface area contributed by atoms with Gasteiger partial charge < -0.3 is 4.74 Å². The number of hydrogen-bond acceptors (Lipinski definition) is 6. The Morgan fingerprint density at radius 1 is 1.29 bits per heavy atom. The topological polar surface area (TPSA) is 56.1 Å². The molecule has 0 aliphatic carbocycles. The van der Waals surface area contributed by atoms with Gasteiger partial charge in [0.2, 0.25) is 0 Å². The number of thiazole rings is 1. The van der Waals surface area contributed by atoms with Crippen LogP contribution in [0.25, 0.3) is 5.69 Å². The van der Waals surface area contributed by atoms with Crippen LogP contribution >= 0.6 is 11.3 Å². The van der Waals surface area contributed by atoms with Gasteiger partial charge in [-0.25, -0.2) is 4.98 Å². The van der Waals surface area contributed by atoms with E-state index in [9.17, 15) is 0 Å². The summed E-state index contributed by atoms with van der Waals surface area (Å²) >= 11 is 1.67. The van der Waals surface area contributed by atoms with Gasteiger partial charge in [0.25, 0.3) is 0 Å². The molecule has 0 radical (unpaired) electrons. The van der Waals surface area contributed by atoms with Crippen molar-refractivity contribution in [2.24, 2.45) is 0 Å². The van der Waals surface area contributed by atoms with E-state index in [-0.39, 0.29) is 6.10 Å². The molecule has 124 valence electrons. The molecular formula is C17H19N5OS. The highest BCUT2D eigenvalue weighted by Gasteiger charge is 2.24. The van der Waals surface area contributed by atoms with Crippen LogP contribution in [0.4, 0.5) is 0 Å². The third kappa shape index (κ3) is 3.38. The number of nitrogens with zero attached hydrogens (tertiary/aromatic N) is 5. The quantitative estimate of drug-likeness (QED) is 0.730. The van der Waals surface area contributed by atoms with Crippen LogP contribution in [0.2, 0.25) is 0 Å². The van der Waals surface area contributed by atoms with Gasteiger partial charge in [-0.1, -0.05) is 18.2 Å². The first-order chi connectivity index (χ1) is 11.8. The second kappa shape index (κ2) is 6.80. The molecule has 0 amide bonds. The summed E-state index contributed by atoms with van der Waals surface area (Å²) in [6, 6.07) is 9.96. The number of hydrogen-bond donors (Lipinski definition) is 0. The van der Waals surface area contributed by atoms with Crippen molar-refractivity contribution >= 4 is 11.3 Å². The first-order valence-electron chi connectivity index (χ1n) is 8.00. The summed E-state index contributed by atoms with van der Waals surface area (Å²) in [5.41, 5.74) is 3.00. The van der Waals surface area contributed by atoms with Crippen LogP contribution in [0.15, 0.2) is 41.9 Å². The Hall–Kier alpha value is -2.09. The average molecular weight is 341 g/mol. The van der Waals surface area contributed by atoms with Gasteiger partial charge in [0.15, 0.2) is 0 Å². The molecule has 0 bridgehead atoms. The number of morpholine rings is 1. The maximum absolute atomic E-state index is 5.88. The Morgan fingerprint density at radius 2 is 2.17 bits per heavy atom. The maximum atomic E-state index is 5.88. The molecule has 3 heterocycles. The van der Waals surface area contributed by atoms with Crippen LogP contribution in [-0.4, -0.2) is 44.6 Å². The maximum Gasteiger partial charge on any atom is 0.123 e. The van der Waals surface area contributed by atoms with Crippen LogP contribution in [0.1, 0.15) is 22.5 Å². The fraction of sp³-hybridized carbons (Fsp3) is 0.353. The summed E-state index contributed by atoms with van der Waals surface area (Å²) in [6.07, 6.45) is 1.90. The molecule has 1 fully saturated rings. The van der Waals surface area contributed by atoms with Crippen molar-refractivity contribution in [1.82, 2.24) is 24.9 Å². The second-order valence-corrected chi connectivity index (χ2v) is 6.77. The molecule has 1 aromatic carbocycles. The smallest absolute Gasteiger partial charge is 0.123 e. The molecule has 1 atom stereocenters. The van der Waals surface area contributed by atoms with E-state index >= 15 is 0 Å². The third-order valence-corrected chi connectivity index (χ3v) is 5.03. The molecule has 0 unspecified atom stereocenters. The summed E-state index contributed by atoms with van der Waals surface area (Å²) in [7, 11) is 0. The van der Waals surface area contributed by atoms with Crippen LogP contribution < -0.4 is 0 Å². The Bertz CT molecular complexity index is 800. The summed E-state index contributed by atoms with van der Waals surface area (Å²) in [6.45, 7) is 5.25. The highest BCUT2D eigenvalue weighted by Crippen LogP contribution is 2.25. The van der Waals surface area contributed by atoms with Crippen LogP contribution in [0, 0.1) is 6.92 Å². The molecule has 6 nitrogen and oxygen atoms in total. The fourth-order valence-electron chi connectivity index (χ4n) is 2.80. The molecule has 7 heteroatoms.